The number of aromatic amines is 1. The first-order chi connectivity index (χ1) is 10.8. The zero-order valence-corrected chi connectivity index (χ0v) is 16.0. The third kappa shape index (κ3) is 3.50. The predicted octanol–water partition coefficient (Wildman–Crippen LogP) is 2.91. The SMILES string of the molecule is CC1(C)CN(C(=O)c2cc(=O)[nH]c3ccc(Br)cc23)CCC1N.Cl. The highest BCUT2D eigenvalue weighted by atomic mass is 79.9. The van der Waals surface area contributed by atoms with Crippen LogP contribution in [0.5, 0.6) is 0 Å². The number of likely N-dealkylation sites (tertiary alicyclic amines) is 1. The minimum Gasteiger partial charge on any atom is -0.338 e. The van der Waals surface area contributed by atoms with E-state index in [2.05, 4.69) is 34.8 Å². The van der Waals surface area contributed by atoms with Gasteiger partial charge < -0.3 is 15.6 Å². The molecule has 0 saturated carbocycles. The molecule has 24 heavy (non-hydrogen) atoms. The number of hydrogen-bond donors (Lipinski definition) is 2. The van der Waals surface area contributed by atoms with E-state index in [9.17, 15) is 9.59 Å². The van der Waals surface area contributed by atoms with Gasteiger partial charge >= 0.3 is 0 Å². The van der Waals surface area contributed by atoms with Gasteiger partial charge in [-0.2, -0.15) is 0 Å². The Hall–Kier alpha value is -1.37. The van der Waals surface area contributed by atoms with Crippen molar-refractivity contribution in [3.05, 3.63) is 44.7 Å². The molecule has 7 heteroatoms. The number of piperidine rings is 1. The van der Waals surface area contributed by atoms with Crippen LogP contribution in [0.2, 0.25) is 0 Å². The summed E-state index contributed by atoms with van der Waals surface area (Å²) in [5, 5.41) is 0.747. The number of carbonyl (C=O) groups is 1. The van der Waals surface area contributed by atoms with Gasteiger partial charge in [0.1, 0.15) is 0 Å². The Morgan fingerprint density at radius 1 is 1.38 bits per heavy atom. The minimum atomic E-state index is -0.267. The Labute approximate surface area is 155 Å². The highest BCUT2D eigenvalue weighted by Gasteiger charge is 2.36. The first kappa shape index (κ1) is 19.0. The topological polar surface area (TPSA) is 79.2 Å². The number of amides is 1. The lowest BCUT2D eigenvalue weighted by Crippen LogP contribution is -2.54. The molecule has 1 saturated heterocycles. The van der Waals surface area contributed by atoms with Crippen LogP contribution in [0, 0.1) is 5.41 Å². The molecule has 0 bridgehead atoms. The summed E-state index contributed by atoms with van der Waals surface area (Å²) >= 11 is 3.42. The largest absolute Gasteiger partial charge is 0.338 e. The Morgan fingerprint density at radius 3 is 2.75 bits per heavy atom. The molecule has 1 aliphatic rings. The number of aromatic nitrogens is 1. The van der Waals surface area contributed by atoms with Crippen molar-refractivity contribution in [3.8, 4) is 0 Å². The summed E-state index contributed by atoms with van der Waals surface area (Å²) in [6.45, 7) is 5.36. The number of rotatable bonds is 1. The molecule has 3 rings (SSSR count). The van der Waals surface area contributed by atoms with E-state index in [-0.39, 0.29) is 35.3 Å². The van der Waals surface area contributed by atoms with Crippen molar-refractivity contribution in [2.24, 2.45) is 11.1 Å². The van der Waals surface area contributed by atoms with Crippen LogP contribution >= 0.6 is 28.3 Å². The van der Waals surface area contributed by atoms with E-state index in [0.29, 0.717) is 24.2 Å². The van der Waals surface area contributed by atoms with Gasteiger partial charge in [0, 0.05) is 40.6 Å². The van der Waals surface area contributed by atoms with Crippen LogP contribution in [0.4, 0.5) is 0 Å². The summed E-state index contributed by atoms with van der Waals surface area (Å²) in [5.74, 6) is -0.112. The zero-order valence-electron chi connectivity index (χ0n) is 13.6. The number of carbonyl (C=O) groups excluding carboxylic acids is 1. The fraction of sp³-hybridized carbons (Fsp3) is 0.412. The molecule has 1 atom stereocenters. The second kappa shape index (κ2) is 6.86. The van der Waals surface area contributed by atoms with Crippen molar-refractivity contribution in [2.45, 2.75) is 26.3 Å². The van der Waals surface area contributed by atoms with Gasteiger partial charge in [-0.1, -0.05) is 29.8 Å². The molecular weight excluding hydrogens is 394 g/mol. The van der Waals surface area contributed by atoms with Crippen LogP contribution in [-0.4, -0.2) is 34.9 Å². The van der Waals surface area contributed by atoms with Crippen molar-refractivity contribution < 1.29 is 4.79 Å². The van der Waals surface area contributed by atoms with Crippen molar-refractivity contribution in [3.63, 3.8) is 0 Å². The first-order valence-electron chi connectivity index (χ1n) is 7.65. The molecule has 2 heterocycles. The van der Waals surface area contributed by atoms with E-state index in [1.54, 1.807) is 11.0 Å². The number of benzene rings is 1. The minimum absolute atomic E-state index is 0. The summed E-state index contributed by atoms with van der Waals surface area (Å²) in [6.07, 6.45) is 0.767. The van der Waals surface area contributed by atoms with Crippen LogP contribution in [0.25, 0.3) is 10.9 Å². The van der Waals surface area contributed by atoms with Crippen molar-refractivity contribution in [1.82, 2.24) is 9.88 Å². The summed E-state index contributed by atoms with van der Waals surface area (Å²) in [7, 11) is 0. The molecule has 2 aromatic rings. The molecule has 1 aromatic carbocycles. The molecule has 1 aliphatic heterocycles. The molecule has 3 N–H and O–H groups in total. The second-order valence-electron chi connectivity index (χ2n) is 6.85. The van der Waals surface area contributed by atoms with E-state index in [1.165, 1.54) is 6.07 Å². The third-order valence-corrected chi connectivity index (χ3v) is 5.13. The Morgan fingerprint density at radius 2 is 2.08 bits per heavy atom. The average molecular weight is 415 g/mol. The van der Waals surface area contributed by atoms with Crippen LogP contribution in [-0.2, 0) is 0 Å². The Bertz CT molecular complexity index is 834. The maximum Gasteiger partial charge on any atom is 0.254 e. The number of H-pyrrole nitrogens is 1. The second-order valence-corrected chi connectivity index (χ2v) is 7.76. The molecule has 1 fully saturated rings. The molecule has 0 aliphatic carbocycles. The quantitative estimate of drug-likeness (QED) is 0.753. The van der Waals surface area contributed by atoms with Gasteiger partial charge in [0.25, 0.3) is 5.91 Å². The molecule has 1 amide bonds. The van der Waals surface area contributed by atoms with Gasteiger partial charge in [-0.25, -0.2) is 0 Å². The van der Waals surface area contributed by atoms with Crippen molar-refractivity contribution in [1.29, 1.82) is 0 Å². The predicted molar refractivity (Wildman–Crippen MR) is 102 cm³/mol. The Balaban J connectivity index is 0.00000208. The lowest BCUT2D eigenvalue weighted by Gasteiger charge is -2.42. The highest BCUT2D eigenvalue weighted by Crippen LogP contribution is 2.29. The van der Waals surface area contributed by atoms with Crippen LogP contribution < -0.4 is 11.3 Å². The summed E-state index contributed by atoms with van der Waals surface area (Å²) in [6, 6.07) is 6.97. The maximum atomic E-state index is 13.0. The monoisotopic (exact) mass is 413 g/mol. The van der Waals surface area contributed by atoms with E-state index < -0.39 is 0 Å². The number of fused-ring (bicyclic) bond motifs is 1. The molecule has 5 nitrogen and oxygen atoms in total. The molecule has 0 spiro atoms. The number of hydrogen-bond acceptors (Lipinski definition) is 3. The van der Waals surface area contributed by atoms with Gasteiger partial charge in [0.2, 0.25) is 5.56 Å². The number of nitrogens with zero attached hydrogens (tertiary/aromatic N) is 1. The van der Waals surface area contributed by atoms with Crippen LogP contribution in [0.15, 0.2) is 33.5 Å². The van der Waals surface area contributed by atoms with Crippen molar-refractivity contribution in [2.75, 3.05) is 13.1 Å². The number of pyridine rings is 1. The number of nitrogens with one attached hydrogen (secondary N) is 1. The number of nitrogens with two attached hydrogens (primary N) is 1. The van der Waals surface area contributed by atoms with Gasteiger partial charge in [-0.05, 0) is 30.0 Å². The maximum absolute atomic E-state index is 13.0. The van der Waals surface area contributed by atoms with Gasteiger partial charge in [-0.3, -0.25) is 9.59 Å². The molecule has 0 radical (unpaired) electrons. The molecule has 1 unspecified atom stereocenters. The smallest absolute Gasteiger partial charge is 0.254 e. The third-order valence-electron chi connectivity index (χ3n) is 4.63. The van der Waals surface area contributed by atoms with Crippen LogP contribution in [0.1, 0.15) is 30.6 Å². The number of halogens is 2. The lowest BCUT2D eigenvalue weighted by atomic mass is 9.79. The fourth-order valence-corrected chi connectivity index (χ4v) is 3.48. The standard InChI is InChI=1S/C17H20BrN3O2.ClH/c1-17(2)9-21(6-5-14(17)19)16(23)12-8-15(22)20-13-4-3-10(18)7-11(12)13;/h3-4,7-8,14H,5-6,9,19H2,1-2H3,(H,20,22);1H. The average Bonchev–Trinajstić information content (AvgIpc) is 2.49. The Kier molecular flexibility index (Phi) is 5.42. The highest BCUT2D eigenvalue weighted by molar-refractivity contribution is 9.10. The molecule has 1 aromatic heterocycles. The molecule has 130 valence electrons. The molecular formula is C17H21BrClN3O2. The summed E-state index contributed by atoms with van der Waals surface area (Å²) in [5.41, 5.74) is 6.85. The summed E-state index contributed by atoms with van der Waals surface area (Å²) in [4.78, 5) is 29.5. The zero-order chi connectivity index (χ0) is 16.8. The van der Waals surface area contributed by atoms with E-state index in [0.717, 1.165) is 16.3 Å². The summed E-state index contributed by atoms with van der Waals surface area (Å²) < 4.78 is 0.868. The van der Waals surface area contributed by atoms with E-state index in [4.69, 9.17) is 5.73 Å². The first-order valence-corrected chi connectivity index (χ1v) is 8.45. The van der Waals surface area contributed by atoms with Gasteiger partial charge in [0.15, 0.2) is 0 Å². The normalized spacial score (nSPS) is 19.8. The van der Waals surface area contributed by atoms with Crippen LogP contribution in [0.3, 0.4) is 0 Å². The van der Waals surface area contributed by atoms with E-state index in [1.807, 2.05) is 12.1 Å². The fourth-order valence-electron chi connectivity index (χ4n) is 3.12. The van der Waals surface area contributed by atoms with Crippen molar-refractivity contribution >= 4 is 45.1 Å². The van der Waals surface area contributed by atoms with Gasteiger partial charge in [-0.15, -0.1) is 12.4 Å². The van der Waals surface area contributed by atoms with Gasteiger partial charge in [0.05, 0.1) is 5.56 Å². The lowest BCUT2D eigenvalue weighted by molar-refractivity contribution is 0.0534. The van der Waals surface area contributed by atoms with E-state index >= 15 is 0 Å².